The molecule has 126 valence electrons. The molecule has 4 nitrogen and oxygen atoms in total. The van der Waals surface area contributed by atoms with Crippen LogP contribution < -0.4 is 4.74 Å². The highest BCUT2D eigenvalue weighted by Gasteiger charge is 2.19. The summed E-state index contributed by atoms with van der Waals surface area (Å²) < 4.78 is 23.5. The van der Waals surface area contributed by atoms with E-state index in [4.69, 9.17) is 9.47 Å². The maximum absolute atomic E-state index is 13.2. The minimum Gasteiger partial charge on any atom is -0.462 e. The van der Waals surface area contributed by atoms with Gasteiger partial charge in [-0.25, -0.2) is 14.0 Å². The van der Waals surface area contributed by atoms with Gasteiger partial charge in [0.1, 0.15) is 11.6 Å². The van der Waals surface area contributed by atoms with Gasteiger partial charge in [-0.3, -0.25) is 0 Å². The second-order valence-corrected chi connectivity index (χ2v) is 5.24. The Bertz CT molecular complexity index is 712. The van der Waals surface area contributed by atoms with Gasteiger partial charge in [-0.2, -0.15) is 0 Å². The third kappa shape index (κ3) is 4.91. The summed E-state index contributed by atoms with van der Waals surface area (Å²) in [5, 5.41) is 0. The molecule has 0 amide bonds. The number of halogens is 1. The second-order valence-electron chi connectivity index (χ2n) is 5.24. The first-order valence-electron chi connectivity index (χ1n) is 7.85. The van der Waals surface area contributed by atoms with Gasteiger partial charge in [-0.1, -0.05) is 38.0 Å². The molecule has 2 rings (SSSR count). The minimum atomic E-state index is -0.735. The van der Waals surface area contributed by atoms with Gasteiger partial charge in [0.15, 0.2) is 0 Å². The first kappa shape index (κ1) is 17.7. The van der Waals surface area contributed by atoms with Crippen molar-refractivity contribution in [3.8, 4) is 5.75 Å². The Morgan fingerprint density at radius 3 is 2.33 bits per heavy atom. The lowest BCUT2D eigenvalue weighted by Crippen LogP contribution is -2.16. The number of esters is 2. The van der Waals surface area contributed by atoms with Crippen LogP contribution in [0.15, 0.2) is 48.5 Å². The van der Waals surface area contributed by atoms with E-state index in [1.54, 1.807) is 12.1 Å². The van der Waals surface area contributed by atoms with Crippen molar-refractivity contribution in [3.63, 3.8) is 0 Å². The van der Waals surface area contributed by atoms with Crippen LogP contribution in [0.2, 0.25) is 0 Å². The van der Waals surface area contributed by atoms with E-state index in [9.17, 15) is 14.0 Å². The third-order valence-corrected chi connectivity index (χ3v) is 3.35. The molecule has 0 unspecified atom stereocenters. The van der Waals surface area contributed by atoms with Crippen LogP contribution in [0, 0.1) is 5.82 Å². The van der Waals surface area contributed by atoms with Gasteiger partial charge in [0.2, 0.25) is 0 Å². The highest BCUT2D eigenvalue weighted by Crippen LogP contribution is 2.17. The fourth-order valence-electron chi connectivity index (χ4n) is 2.13. The molecule has 0 aromatic heterocycles. The van der Waals surface area contributed by atoms with Crippen LogP contribution in [0.3, 0.4) is 0 Å². The zero-order valence-corrected chi connectivity index (χ0v) is 13.5. The number of rotatable bonds is 7. The van der Waals surface area contributed by atoms with E-state index in [1.165, 1.54) is 30.3 Å². The number of hydrogen-bond acceptors (Lipinski definition) is 4. The monoisotopic (exact) mass is 330 g/mol. The molecule has 0 spiro atoms. The molecule has 0 aliphatic heterocycles. The predicted octanol–water partition coefficient (Wildman–Crippen LogP) is 4.39. The molecule has 0 fully saturated rings. The number of carbonyl (C=O) groups excluding carboxylic acids is 2. The van der Waals surface area contributed by atoms with E-state index < -0.39 is 17.8 Å². The van der Waals surface area contributed by atoms with E-state index >= 15 is 0 Å². The van der Waals surface area contributed by atoms with Crippen LogP contribution in [0.4, 0.5) is 4.39 Å². The molecule has 0 radical (unpaired) electrons. The van der Waals surface area contributed by atoms with Gasteiger partial charge >= 0.3 is 11.9 Å². The first-order valence-corrected chi connectivity index (χ1v) is 7.85. The van der Waals surface area contributed by atoms with E-state index in [2.05, 4.69) is 6.92 Å². The van der Waals surface area contributed by atoms with E-state index in [0.717, 1.165) is 25.3 Å². The molecule has 2 aromatic carbocycles. The van der Waals surface area contributed by atoms with E-state index in [-0.39, 0.29) is 16.9 Å². The fraction of sp³-hybridized carbons (Fsp3) is 0.263. The fourth-order valence-corrected chi connectivity index (χ4v) is 2.13. The van der Waals surface area contributed by atoms with Crippen molar-refractivity contribution in [1.29, 1.82) is 0 Å². The lowest BCUT2D eigenvalue weighted by Gasteiger charge is -2.09. The van der Waals surface area contributed by atoms with Crippen LogP contribution in [0.5, 0.6) is 5.75 Å². The SMILES string of the molecule is CCCCCOC(=O)c1ccccc1C(=O)Oc1cccc(F)c1. The van der Waals surface area contributed by atoms with Gasteiger partial charge in [0.25, 0.3) is 0 Å². The Balaban J connectivity index is 2.09. The molecule has 0 atom stereocenters. The van der Waals surface area contributed by atoms with Gasteiger partial charge in [-0.15, -0.1) is 0 Å². The molecule has 0 bridgehead atoms. The average Bonchev–Trinajstić information content (AvgIpc) is 2.58. The molecule has 0 aliphatic rings. The molecular weight excluding hydrogens is 311 g/mol. The quantitative estimate of drug-likeness (QED) is 0.429. The van der Waals surface area contributed by atoms with Gasteiger partial charge in [-0.05, 0) is 30.7 Å². The molecule has 0 N–H and O–H groups in total. The minimum absolute atomic E-state index is 0.0751. The summed E-state index contributed by atoms with van der Waals surface area (Å²) in [4.78, 5) is 24.4. The van der Waals surface area contributed by atoms with Crippen molar-refractivity contribution >= 4 is 11.9 Å². The Labute approximate surface area is 140 Å². The van der Waals surface area contributed by atoms with Crippen molar-refractivity contribution in [3.05, 3.63) is 65.5 Å². The summed E-state index contributed by atoms with van der Waals surface area (Å²) in [6.07, 6.45) is 2.77. The second kappa shape index (κ2) is 8.82. The Morgan fingerprint density at radius 1 is 0.958 bits per heavy atom. The molecule has 0 heterocycles. The summed E-state index contributed by atoms with van der Waals surface area (Å²) in [5.41, 5.74) is 0.220. The number of carbonyl (C=O) groups is 2. The summed E-state index contributed by atoms with van der Waals surface area (Å²) in [6, 6.07) is 11.5. The molecule has 5 heteroatoms. The molecule has 0 saturated carbocycles. The maximum atomic E-state index is 13.2. The van der Waals surface area contributed by atoms with Crippen molar-refractivity contribution < 1.29 is 23.5 Å². The Hall–Kier alpha value is -2.69. The molecule has 24 heavy (non-hydrogen) atoms. The van der Waals surface area contributed by atoms with Crippen molar-refractivity contribution in [2.45, 2.75) is 26.2 Å². The smallest absolute Gasteiger partial charge is 0.344 e. The van der Waals surface area contributed by atoms with Gasteiger partial charge < -0.3 is 9.47 Å². The van der Waals surface area contributed by atoms with Crippen molar-refractivity contribution in [2.24, 2.45) is 0 Å². The normalized spacial score (nSPS) is 10.2. The predicted molar refractivity (Wildman–Crippen MR) is 87.6 cm³/mol. The third-order valence-electron chi connectivity index (χ3n) is 3.35. The van der Waals surface area contributed by atoms with Crippen LogP contribution >= 0.6 is 0 Å². The highest BCUT2D eigenvalue weighted by atomic mass is 19.1. The molecule has 0 aliphatic carbocycles. The zero-order chi connectivity index (χ0) is 17.4. The summed E-state index contributed by atoms with van der Waals surface area (Å²) in [7, 11) is 0. The lowest BCUT2D eigenvalue weighted by atomic mass is 10.1. The molecular formula is C19H19FO4. The van der Waals surface area contributed by atoms with Crippen LogP contribution in [0.25, 0.3) is 0 Å². The number of benzene rings is 2. The highest BCUT2D eigenvalue weighted by molar-refractivity contribution is 6.03. The summed E-state index contributed by atoms with van der Waals surface area (Å²) in [6.45, 7) is 2.36. The van der Waals surface area contributed by atoms with Crippen LogP contribution in [-0.4, -0.2) is 18.5 Å². The largest absolute Gasteiger partial charge is 0.462 e. The van der Waals surface area contributed by atoms with Crippen molar-refractivity contribution in [2.75, 3.05) is 6.61 Å². The Morgan fingerprint density at radius 2 is 1.67 bits per heavy atom. The Kier molecular flexibility index (Phi) is 6.49. The standard InChI is InChI=1S/C19H19FO4/c1-2-3-6-12-23-18(21)16-10-4-5-11-17(16)19(22)24-15-9-7-8-14(20)13-15/h4-5,7-11,13H,2-3,6,12H2,1H3. The van der Waals surface area contributed by atoms with Gasteiger partial charge in [0, 0.05) is 6.07 Å². The molecule has 0 saturated heterocycles. The average molecular weight is 330 g/mol. The van der Waals surface area contributed by atoms with Crippen LogP contribution in [0.1, 0.15) is 46.9 Å². The number of unbranched alkanes of at least 4 members (excludes halogenated alkanes) is 2. The molecule has 2 aromatic rings. The number of ether oxygens (including phenoxy) is 2. The lowest BCUT2D eigenvalue weighted by molar-refractivity contribution is 0.0490. The van der Waals surface area contributed by atoms with E-state index in [0.29, 0.717) is 6.61 Å². The van der Waals surface area contributed by atoms with Crippen LogP contribution in [-0.2, 0) is 4.74 Å². The topological polar surface area (TPSA) is 52.6 Å². The van der Waals surface area contributed by atoms with Gasteiger partial charge in [0.05, 0.1) is 17.7 Å². The summed E-state index contributed by atoms with van der Waals surface area (Å²) in [5.74, 6) is -1.74. The number of hydrogen-bond donors (Lipinski definition) is 0. The maximum Gasteiger partial charge on any atom is 0.344 e. The summed E-state index contributed by atoms with van der Waals surface area (Å²) >= 11 is 0. The van der Waals surface area contributed by atoms with E-state index in [1.807, 2.05) is 0 Å². The van der Waals surface area contributed by atoms with Crippen molar-refractivity contribution in [1.82, 2.24) is 0 Å². The zero-order valence-electron chi connectivity index (χ0n) is 13.5. The first-order chi connectivity index (χ1) is 11.6.